The third kappa shape index (κ3) is 4.63. The van der Waals surface area contributed by atoms with Gasteiger partial charge in [0.25, 0.3) is 0 Å². The van der Waals surface area contributed by atoms with Gasteiger partial charge in [-0.1, -0.05) is 0 Å². The monoisotopic (exact) mass is 502 g/mol. The molecule has 0 saturated carbocycles. The first kappa shape index (κ1) is 20.7. The Morgan fingerprint density at radius 1 is 0.655 bits per heavy atom. The Morgan fingerprint density at radius 2 is 1.07 bits per heavy atom. The minimum absolute atomic E-state index is 0.140. The summed E-state index contributed by atoms with van der Waals surface area (Å²) in [6, 6.07) is 16.0. The van der Waals surface area contributed by atoms with Crippen molar-refractivity contribution >= 4 is 23.2 Å². The maximum absolute atomic E-state index is 6.88. The summed E-state index contributed by atoms with van der Waals surface area (Å²) in [7, 11) is 0. The predicted octanol–water partition coefficient (Wildman–Crippen LogP) is 7.43. The number of rotatable bonds is 8. The summed E-state index contributed by atoms with van der Waals surface area (Å²) in [6.07, 6.45) is 17.1. The van der Waals surface area contributed by atoms with Crippen molar-refractivity contribution in [2.24, 2.45) is 0 Å². The Hall–Kier alpha value is -1.54. The zero-order chi connectivity index (χ0) is 20.1. The fourth-order valence-electron chi connectivity index (χ4n) is 3.67. The van der Waals surface area contributed by atoms with Gasteiger partial charge in [-0.25, -0.2) is 0 Å². The molecule has 0 fully saturated rings. The number of allylic oxidation sites excluding steroid dienone is 8. The van der Waals surface area contributed by atoms with Crippen molar-refractivity contribution in [3.63, 3.8) is 0 Å². The summed E-state index contributed by atoms with van der Waals surface area (Å²) in [5.74, 6) is 2.53. The van der Waals surface area contributed by atoms with E-state index >= 15 is 0 Å². The van der Waals surface area contributed by atoms with E-state index in [0.29, 0.717) is 11.8 Å². The Morgan fingerprint density at radius 3 is 1.45 bits per heavy atom. The standard InChI is InChI=1S/2C7H7ClO.2C5H5.Zr/c2*8-5-6-2-1-3-7(9)4-6;2*1-2-4-5-3-1;/h2*1-4,9H,5H2;2*1-5H;/q;;;;+2/p-2. The van der Waals surface area contributed by atoms with Gasteiger partial charge >= 0.3 is 189 Å². The van der Waals surface area contributed by atoms with E-state index in [1.807, 2.05) is 48.5 Å². The Balaban J connectivity index is 1.78. The van der Waals surface area contributed by atoms with Crippen LogP contribution in [-0.4, -0.2) is 0 Å². The Kier molecular flexibility index (Phi) is 6.80. The summed E-state index contributed by atoms with van der Waals surface area (Å²) in [6.45, 7) is 0. The second kappa shape index (κ2) is 9.52. The second-order valence-electron chi connectivity index (χ2n) is 7.08. The summed E-state index contributed by atoms with van der Waals surface area (Å²) < 4.78 is 14.0. The summed E-state index contributed by atoms with van der Waals surface area (Å²) in [4.78, 5) is 0. The molecular formula is C24H22Cl2O2Zr. The average Bonchev–Trinajstić information content (AvgIpc) is 3.48. The van der Waals surface area contributed by atoms with Gasteiger partial charge in [0, 0.05) is 0 Å². The van der Waals surface area contributed by atoms with Gasteiger partial charge in [-0.3, -0.25) is 0 Å². The van der Waals surface area contributed by atoms with E-state index in [0.717, 1.165) is 22.6 Å². The molecule has 2 aliphatic rings. The fraction of sp³-hybridized carbons (Fsp3) is 0.167. The van der Waals surface area contributed by atoms with Crippen LogP contribution in [0, 0.1) is 0 Å². The van der Waals surface area contributed by atoms with Crippen LogP contribution in [0.4, 0.5) is 0 Å². The molecule has 0 N–H and O–H groups in total. The van der Waals surface area contributed by atoms with E-state index in [-0.39, 0.29) is 7.25 Å². The molecule has 0 atom stereocenters. The molecule has 0 radical (unpaired) electrons. The zero-order valence-electron chi connectivity index (χ0n) is 15.9. The third-order valence-corrected chi connectivity index (χ3v) is 14.9. The number of hydrogen-bond acceptors (Lipinski definition) is 2. The normalized spacial score (nSPS) is 16.1. The van der Waals surface area contributed by atoms with Gasteiger partial charge in [0.1, 0.15) is 0 Å². The van der Waals surface area contributed by atoms with Crippen molar-refractivity contribution in [2.75, 3.05) is 0 Å². The van der Waals surface area contributed by atoms with Gasteiger partial charge in [0.2, 0.25) is 0 Å². The summed E-state index contributed by atoms with van der Waals surface area (Å²) in [5.41, 5.74) is 2.06. The van der Waals surface area contributed by atoms with Gasteiger partial charge in [-0.15, -0.1) is 0 Å². The predicted molar refractivity (Wildman–Crippen MR) is 117 cm³/mol. The number of alkyl halides is 2. The number of benzene rings is 2. The Bertz CT molecular complexity index is 877. The molecule has 5 heteroatoms. The molecule has 0 aromatic heterocycles. The zero-order valence-corrected chi connectivity index (χ0v) is 19.8. The van der Waals surface area contributed by atoms with Crippen LogP contribution >= 0.6 is 23.2 Å². The molecule has 0 heterocycles. The van der Waals surface area contributed by atoms with Gasteiger partial charge in [-0.2, -0.15) is 0 Å². The molecule has 2 aromatic rings. The van der Waals surface area contributed by atoms with E-state index in [4.69, 9.17) is 28.8 Å². The molecule has 2 aromatic carbocycles. The first-order valence-electron chi connectivity index (χ1n) is 9.61. The summed E-state index contributed by atoms with van der Waals surface area (Å²) in [5, 5.41) is 0. The molecule has 0 aliphatic heterocycles. The average molecular weight is 505 g/mol. The molecule has 0 spiro atoms. The molecule has 148 valence electrons. The minimum atomic E-state index is -3.91. The van der Waals surface area contributed by atoms with Crippen LogP contribution < -0.4 is 5.63 Å². The van der Waals surface area contributed by atoms with Crippen LogP contribution in [0.1, 0.15) is 11.1 Å². The molecule has 2 aliphatic carbocycles. The van der Waals surface area contributed by atoms with Gasteiger partial charge < -0.3 is 0 Å². The van der Waals surface area contributed by atoms with Crippen molar-refractivity contribution in [1.29, 1.82) is 0 Å². The fourth-order valence-corrected chi connectivity index (χ4v) is 12.7. The van der Waals surface area contributed by atoms with Crippen molar-refractivity contribution in [3.05, 3.63) is 108 Å². The van der Waals surface area contributed by atoms with Crippen LogP contribution in [-0.2, 0) is 32.9 Å². The van der Waals surface area contributed by atoms with Crippen LogP contribution in [0.25, 0.3) is 0 Å². The van der Waals surface area contributed by atoms with Crippen molar-refractivity contribution < 1.29 is 26.8 Å². The van der Waals surface area contributed by atoms with E-state index in [1.165, 1.54) is 0 Å². The molecule has 0 unspecified atom stereocenters. The molecule has 29 heavy (non-hydrogen) atoms. The second-order valence-corrected chi connectivity index (χ2v) is 15.4. The van der Waals surface area contributed by atoms with E-state index in [2.05, 4.69) is 48.6 Å². The molecule has 4 rings (SSSR count). The molecule has 0 amide bonds. The van der Waals surface area contributed by atoms with Crippen LogP contribution in [0.5, 0.6) is 11.5 Å². The number of hydrogen-bond donors (Lipinski definition) is 0. The number of halogens is 2. The van der Waals surface area contributed by atoms with Crippen molar-refractivity contribution in [2.45, 2.75) is 19.0 Å². The van der Waals surface area contributed by atoms with Gasteiger partial charge in [0.15, 0.2) is 0 Å². The van der Waals surface area contributed by atoms with Crippen LogP contribution in [0.15, 0.2) is 97.1 Å². The van der Waals surface area contributed by atoms with Gasteiger partial charge in [-0.05, 0) is 0 Å². The van der Waals surface area contributed by atoms with Crippen LogP contribution in [0.2, 0.25) is 7.25 Å². The van der Waals surface area contributed by atoms with E-state index in [9.17, 15) is 0 Å². The van der Waals surface area contributed by atoms with E-state index < -0.39 is 21.1 Å². The summed E-state index contributed by atoms with van der Waals surface area (Å²) >= 11 is 8.22. The molecule has 0 saturated heterocycles. The van der Waals surface area contributed by atoms with E-state index in [1.54, 1.807) is 0 Å². The SMILES string of the molecule is ClCc1cccc([O][Zr]([O]c2cccc(CCl)c2)([CH]2C=CC=C2)[CH]2C=CC=C2)c1. The van der Waals surface area contributed by atoms with Gasteiger partial charge in [0.05, 0.1) is 0 Å². The maximum atomic E-state index is 6.88. The molecule has 0 bridgehead atoms. The first-order valence-corrected chi connectivity index (χ1v) is 15.5. The third-order valence-electron chi connectivity index (χ3n) is 5.09. The molecular weight excluding hydrogens is 482 g/mol. The van der Waals surface area contributed by atoms with Crippen LogP contribution in [0.3, 0.4) is 0 Å². The Labute approximate surface area is 187 Å². The van der Waals surface area contributed by atoms with Crippen molar-refractivity contribution in [1.82, 2.24) is 0 Å². The molecule has 2 nitrogen and oxygen atoms in total. The topological polar surface area (TPSA) is 18.5 Å². The first-order chi connectivity index (χ1) is 14.2. The van der Waals surface area contributed by atoms with Crippen molar-refractivity contribution in [3.8, 4) is 11.5 Å². The quantitative estimate of drug-likeness (QED) is 0.348.